The van der Waals surface area contributed by atoms with Gasteiger partial charge in [-0.1, -0.05) is 65.7 Å². The highest BCUT2D eigenvalue weighted by Gasteiger charge is 2.19. The van der Waals surface area contributed by atoms with E-state index in [0.29, 0.717) is 15.6 Å². The van der Waals surface area contributed by atoms with Crippen LogP contribution in [0.25, 0.3) is 5.69 Å². The first-order valence-corrected chi connectivity index (χ1v) is 14.5. The van der Waals surface area contributed by atoms with Crippen LogP contribution in [0.2, 0.25) is 10.0 Å². The molecule has 0 bridgehead atoms. The Morgan fingerprint density at radius 1 is 0.925 bits per heavy atom. The number of rotatable bonds is 8. The van der Waals surface area contributed by atoms with Gasteiger partial charge in [0.25, 0.3) is 5.91 Å². The summed E-state index contributed by atoms with van der Waals surface area (Å²) in [6.45, 7) is 7.15. The van der Waals surface area contributed by atoms with Crippen LogP contribution in [-0.4, -0.2) is 34.7 Å². The number of nitrogens with zero attached hydrogens (tertiary/aromatic N) is 3. The number of piperidine rings is 1. The Bertz CT molecular complexity index is 1490. The van der Waals surface area contributed by atoms with Gasteiger partial charge in [0.15, 0.2) is 0 Å². The molecule has 0 radical (unpaired) electrons. The summed E-state index contributed by atoms with van der Waals surface area (Å²) in [5.74, 6) is 0.523. The number of amides is 1. The van der Waals surface area contributed by atoms with Gasteiger partial charge in [-0.3, -0.25) is 9.69 Å². The molecule has 0 aliphatic carbocycles. The molecule has 1 fully saturated rings. The molecule has 0 unspecified atom stereocenters. The smallest absolute Gasteiger partial charge is 0.271 e. The minimum absolute atomic E-state index is 0.234. The zero-order valence-electron chi connectivity index (χ0n) is 22.9. The van der Waals surface area contributed by atoms with E-state index < -0.39 is 0 Å². The summed E-state index contributed by atoms with van der Waals surface area (Å²) in [5, 5.41) is 5.24. The zero-order valence-corrected chi connectivity index (χ0v) is 24.4. The van der Waals surface area contributed by atoms with Gasteiger partial charge >= 0.3 is 0 Å². The van der Waals surface area contributed by atoms with Crippen molar-refractivity contribution in [3.63, 3.8) is 0 Å². The lowest BCUT2D eigenvalue weighted by molar-refractivity contribution is 0.0955. The van der Waals surface area contributed by atoms with Crippen LogP contribution in [0.5, 0.6) is 0 Å². The van der Waals surface area contributed by atoms with Crippen molar-refractivity contribution in [3.05, 3.63) is 123 Å². The second kappa shape index (κ2) is 12.9. The lowest BCUT2D eigenvalue weighted by Gasteiger charge is -2.32. The quantitative estimate of drug-likeness (QED) is 0.174. The van der Waals surface area contributed by atoms with Crippen molar-refractivity contribution in [1.29, 1.82) is 0 Å². The number of hydrazone groups is 1. The van der Waals surface area contributed by atoms with Gasteiger partial charge in [0.2, 0.25) is 0 Å². The summed E-state index contributed by atoms with van der Waals surface area (Å²) < 4.78 is 2.08. The van der Waals surface area contributed by atoms with Gasteiger partial charge in [0.05, 0.1) is 16.3 Å². The number of nitrogens with one attached hydrogen (secondary N) is 1. The molecule has 0 atom stereocenters. The minimum Gasteiger partial charge on any atom is -0.318 e. The van der Waals surface area contributed by atoms with Crippen LogP contribution in [-0.2, 0) is 13.0 Å². The summed E-state index contributed by atoms with van der Waals surface area (Å²) in [6, 6.07) is 26.2. The Hall–Kier alpha value is -3.38. The van der Waals surface area contributed by atoms with Crippen molar-refractivity contribution < 1.29 is 4.79 Å². The summed E-state index contributed by atoms with van der Waals surface area (Å²) >= 11 is 12.3. The number of hydrogen-bond donors (Lipinski definition) is 1. The minimum atomic E-state index is -0.234. The predicted molar refractivity (Wildman–Crippen MR) is 165 cm³/mol. The summed E-state index contributed by atoms with van der Waals surface area (Å²) in [6.07, 6.45) is 5.29. The third-order valence-electron chi connectivity index (χ3n) is 7.70. The lowest BCUT2D eigenvalue weighted by Crippen LogP contribution is -2.33. The second-order valence-electron chi connectivity index (χ2n) is 10.6. The fourth-order valence-electron chi connectivity index (χ4n) is 5.48. The third kappa shape index (κ3) is 6.84. The van der Waals surface area contributed by atoms with Crippen molar-refractivity contribution in [1.82, 2.24) is 14.9 Å². The first-order valence-electron chi connectivity index (χ1n) is 13.7. The molecule has 1 aliphatic heterocycles. The normalized spacial score (nSPS) is 14.6. The maximum absolute atomic E-state index is 12.7. The summed E-state index contributed by atoms with van der Waals surface area (Å²) in [7, 11) is 0. The van der Waals surface area contributed by atoms with E-state index in [1.54, 1.807) is 12.3 Å². The predicted octanol–water partition coefficient (Wildman–Crippen LogP) is 7.62. The number of aromatic nitrogens is 1. The average Bonchev–Trinajstić information content (AvgIpc) is 3.24. The lowest BCUT2D eigenvalue weighted by atomic mass is 9.90. The van der Waals surface area contributed by atoms with Gasteiger partial charge in [0.1, 0.15) is 0 Å². The van der Waals surface area contributed by atoms with Crippen molar-refractivity contribution in [2.45, 2.75) is 39.7 Å². The molecule has 0 saturated carbocycles. The van der Waals surface area contributed by atoms with E-state index in [-0.39, 0.29) is 5.91 Å². The molecule has 0 spiro atoms. The average molecular weight is 574 g/mol. The Balaban J connectivity index is 1.12. The molecule has 40 heavy (non-hydrogen) atoms. The van der Waals surface area contributed by atoms with Gasteiger partial charge in [-0.15, -0.1) is 0 Å². The first kappa shape index (κ1) is 28.2. The van der Waals surface area contributed by atoms with Crippen LogP contribution in [0.4, 0.5) is 0 Å². The summed E-state index contributed by atoms with van der Waals surface area (Å²) in [4.78, 5) is 15.2. The number of aryl methyl sites for hydroxylation is 1. The van der Waals surface area contributed by atoms with Gasteiger partial charge in [-0.25, -0.2) is 5.43 Å². The fraction of sp³-hybridized carbons (Fsp3) is 0.273. The van der Waals surface area contributed by atoms with Crippen LogP contribution in [0, 0.1) is 19.8 Å². The highest BCUT2D eigenvalue weighted by atomic mass is 35.5. The molecule has 3 aromatic carbocycles. The summed E-state index contributed by atoms with van der Waals surface area (Å²) in [5.41, 5.74) is 9.75. The van der Waals surface area contributed by atoms with Crippen molar-refractivity contribution in [2.75, 3.05) is 13.1 Å². The number of hydrogen-bond acceptors (Lipinski definition) is 3. The molecular formula is C33H34Cl2N4O. The third-order valence-corrected chi connectivity index (χ3v) is 8.44. The van der Waals surface area contributed by atoms with Gasteiger partial charge in [0, 0.05) is 34.7 Å². The highest BCUT2D eigenvalue weighted by Crippen LogP contribution is 2.27. The SMILES string of the molecule is Cc1cc(/C=N\NC(=O)c2ccc(CN3CCC(Cc4ccccc4)CC3)cc2)c(C)n1-c1ccc(Cl)c(Cl)c1. The van der Waals surface area contributed by atoms with E-state index in [0.717, 1.165) is 48.2 Å². The maximum atomic E-state index is 12.7. The molecular weight excluding hydrogens is 539 g/mol. The van der Waals surface area contributed by atoms with Crippen LogP contribution < -0.4 is 5.43 Å². The van der Waals surface area contributed by atoms with E-state index in [1.165, 1.54) is 30.4 Å². The van der Waals surface area contributed by atoms with Crippen LogP contribution in [0.3, 0.4) is 0 Å². The zero-order chi connectivity index (χ0) is 28.1. The number of halogens is 2. The van der Waals surface area contributed by atoms with E-state index in [1.807, 2.05) is 56.3 Å². The highest BCUT2D eigenvalue weighted by molar-refractivity contribution is 6.42. The number of benzene rings is 3. The molecule has 206 valence electrons. The first-order chi connectivity index (χ1) is 19.4. The molecule has 1 saturated heterocycles. The Kier molecular flexibility index (Phi) is 9.05. The van der Waals surface area contributed by atoms with Crippen molar-refractivity contribution in [3.8, 4) is 5.69 Å². The number of carbonyl (C=O) groups excluding carboxylic acids is 1. The van der Waals surface area contributed by atoms with E-state index in [2.05, 4.69) is 50.3 Å². The van der Waals surface area contributed by atoms with E-state index in [9.17, 15) is 4.79 Å². The molecule has 5 rings (SSSR count). The van der Waals surface area contributed by atoms with Crippen molar-refractivity contribution >= 4 is 35.3 Å². The molecule has 4 aromatic rings. The molecule has 7 heteroatoms. The Morgan fingerprint density at radius 2 is 1.65 bits per heavy atom. The second-order valence-corrected chi connectivity index (χ2v) is 11.4. The molecule has 1 amide bonds. The van der Waals surface area contributed by atoms with Gasteiger partial charge < -0.3 is 4.57 Å². The van der Waals surface area contributed by atoms with Crippen LogP contribution in [0.15, 0.2) is 84.0 Å². The van der Waals surface area contributed by atoms with Gasteiger partial charge in [-0.2, -0.15) is 5.10 Å². The molecule has 1 aromatic heterocycles. The number of carbonyl (C=O) groups is 1. The fourth-order valence-corrected chi connectivity index (χ4v) is 5.77. The monoisotopic (exact) mass is 572 g/mol. The topological polar surface area (TPSA) is 49.6 Å². The Labute approximate surface area is 246 Å². The maximum Gasteiger partial charge on any atom is 0.271 e. The largest absolute Gasteiger partial charge is 0.318 e. The Morgan fingerprint density at radius 3 is 2.35 bits per heavy atom. The standard InChI is InChI=1S/C33H34Cl2N4O/c1-23-18-29(24(2)39(23)30-12-13-31(34)32(35)20-30)21-36-37-33(40)28-10-8-27(9-11-28)22-38-16-14-26(15-17-38)19-25-6-4-3-5-7-25/h3-13,18,20-21,26H,14-17,19,22H2,1-2H3,(H,37,40)/b36-21-. The van der Waals surface area contributed by atoms with Crippen LogP contribution in [0.1, 0.15) is 51.3 Å². The molecule has 5 nitrogen and oxygen atoms in total. The van der Waals surface area contributed by atoms with Crippen LogP contribution >= 0.6 is 23.2 Å². The molecule has 1 aliphatic rings. The van der Waals surface area contributed by atoms with E-state index >= 15 is 0 Å². The van der Waals surface area contributed by atoms with E-state index in [4.69, 9.17) is 23.2 Å². The molecule has 2 heterocycles. The van der Waals surface area contributed by atoms with Gasteiger partial charge in [-0.05, 0) is 99.6 Å². The number of likely N-dealkylation sites (tertiary alicyclic amines) is 1. The van der Waals surface area contributed by atoms with Crippen molar-refractivity contribution in [2.24, 2.45) is 11.0 Å². The molecule has 1 N–H and O–H groups in total.